The van der Waals surface area contributed by atoms with E-state index in [2.05, 4.69) is 55.1 Å². The van der Waals surface area contributed by atoms with Gasteiger partial charge in [0, 0.05) is 25.7 Å². The minimum absolute atomic E-state index is 0.459. The molecule has 5 heteroatoms. The first-order chi connectivity index (χ1) is 12.6. The summed E-state index contributed by atoms with van der Waals surface area (Å²) in [5, 5.41) is 7.00. The van der Waals surface area contributed by atoms with Crippen LogP contribution in [-0.4, -0.2) is 74.2 Å². The molecule has 1 rings (SSSR count). The van der Waals surface area contributed by atoms with Gasteiger partial charge in [-0.1, -0.05) is 27.2 Å². The van der Waals surface area contributed by atoms with Gasteiger partial charge >= 0.3 is 0 Å². The van der Waals surface area contributed by atoms with Gasteiger partial charge in [0.15, 0.2) is 5.96 Å². The number of piperidine rings is 1. The molecule has 0 aliphatic carbocycles. The van der Waals surface area contributed by atoms with E-state index in [0.29, 0.717) is 12.0 Å². The van der Waals surface area contributed by atoms with E-state index >= 15 is 0 Å². The molecule has 0 aromatic carbocycles. The van der Waals surface area contributed by atoms with Crippen LogP contribution in [0.2, 0.25) is 0 Å². The van der Waals surface area contributed by atoms with Crippen LogP contribution in [0, 0.1) is 5.92 Å². The van der Waals surface area contributed by atoms with Crippen LogP contribution < -0.4 is 10.6 Å². The summed E-state index contributed by atoms with van der Waals surface area (Å²) in [6.45, 7) is 20.3. The van der Waals surface area contributed by atoms with Gasteiger partial charge in [0.1, 0.15) is 0 Å². The van der Waals surface area contributed by atoms with E-state index < -0.39 is 0 Å². The van der Waals surface area contributed by atoms with Crippen molar-refractivity contribution < 1.29 is 0 Å². The zero-order valence-electron chi connectivity index (χ0n) is 18.2. The molecule has 1 aliphatic heterocycles. The number of likely N-dealkylation sites (tertiary alicyclic amines) is 1. The summed E-state index contributed by atoms with van der Waals surface area (Å²) in [5.74, 6) is 1.59. The number of rotatable bonds is 12. The van der Waals surface area contributed by atoms with E-state index in [0.717, 1.165) is 32.1 Å². The molecule has 0 bridgehead atoms. The molecule has 154 valence electrons. The summed E-state index contributed by atoms with van der Waals surface area (Å²) < 4.78 is 0. The third-order valence-corrected chi connectivity index (χ3v) is 5.31. The van der Waals surface area contributed by atoms with Crippen molar-refractivity contribution in [1.82, 2.24) is 20.4 Å². The molecule has 0 radical (unpaired) electrons. The van der Waals surface area contributed by atoms with Gasteiger partial charge < -0.3 is 20.4 Å². The van der Waals surface area contributed by atoms with Gasteiger partial charge in [0.05, 0.1) is 0 Å². The van der Waals surface area contributed by atoms with E-state index in [1.165, 1.54) is 58.3 Å². The van der Waals surface area contributed by atoms with Crippen molar-refractivity contribution in [2.45, 2.75) is 72.8 Å². The minimum Gasteiger partial charge on any atom is -0.357 e. The molecular formula is C21H45N5. The fourth-order valence-electron chi connectivity index (χ4n) is 3.67. The third kappa shape index (κ3) is 10.4. The van der Waals surface area contributed by atoms with Gasteiger partial charge in [-0.15, -0.1) is 0 Å². The largest absolute Gasteiger partial charge is 0.357 e. The summed E-state index contributed by atoms with van der Waals surface area (Å²) in [4.78, 5) is 9.96. The van der Waals surface area contributed by atoms with Crippen molar-refractivity contribution >= 4 is 5.96 Å². The monoisotopic (exact) mass is 367 g/mol. The number of nitrogens with one attached hydrogen (secondary N) is 2. The van der Waals surface area contributed by atoms with Crippen molar-refractivity contribution in [2.24, 2.45) is 10.9 Å². The van der Waals surface area contributed by atoms with Crippen LogP contribution >= 0.6 is 0 Å². The lowest BCUT2D eigenvalue weighted by atomic mass is 10.1. The van der Waals surface area contributed by atoms with Crippen LogP contribution in [-0.2, 0) is 0 Å². The van der Waals surface area contributed by atoms with E-state index in [4.69, 9.17) is 4.99 Å². The molecule has 5 nitrogen and oxygen atoms in total. The summed E-state index contributed by atoms with van der Waals surface area (Å²) in [5.41, 5.74) is 0. The second-order valence-corrected chi connectivity index (χ2v) is 7.90. The van der Waals surface area contributed by atoms with Crippen LogP contribution in [0.15, 0.2) is 4.99 Å². The van der Waals surface area contributed by atoms with Crippen LogP contribution in [0.4, 0.5) is 0 Å². The highest BCUT2D eigenvalue weighted by molar-refractivity contribution is 5.80. The maximum absolute atomic E-state index is 4.85. The summed E-state index contributed by atoms with van der Waals surface area (Å²) in [7, 11) is 0. The van der Waals surface area contributed by atoms with Crippen LogP contribution in [0.3, 0.4) is 0 Å². The third-order valence-electron chi connectivity index (χ3n) is 5.31. The Morgan fingerprint density at radius 2 is 1.77 bits per heavy atom. The standard InChI is InChI=1S/C21H45N5/c1-6-22-21(24-20(5)13-12-16-25(7-2)8-3)23-17-19(4)18-26-14-10-9-11-15-26/h19-20H,6-18H2,1-5H3,(H2,22,23,24). The van der Waals surface area contributed by atoms with E-state index in [1.807, 2.05) is 0 Å². The molecule has 1 fully saturated rings. The fraction of sp³-hybridized carbons (Fsp3) is 0.952. The van der Waals surface area contributed by atoms with Gasteiger partial charge in [-0.3, -0.25) is 4.99 Å². The van der Waals surface area contributed by atoms with Crippen molar-refractivity contribution in [1.29, 1.82) is 0 Å². The van der Waals surface area contributed by atoms with Crippen molar-refractivity contribution in [3.63, 3.8) is 0 Å². The highest BCUT2D eigenvalue weighted by atomic mass is 15.2. The molecule has 26 heavy (non-hydrogen) atoms. The lowest BCUT2D eigenvalue weighted by molar-refractivity contribution is 0.203. The zero-order chi connectivity index (χ0) is 19.2. The molecule has 1 saturated heterocycles. The fourth-order valence-corrected chi connectivity index (χ4v) is 3.67. The molecule has 0 amide bonds. The highest BCUT2D eigenvalue weighted by Gasteiger charge is 2.13. The number of nitrogens with zero attached hydrogens (tertiary/aromatic N) is 3. The molecule has 0 spiro atoms. The lowest BCUT2D eigenvalue weighted by Crippen LogP contribution is -2.43. The first-order valence-corrected chi connectivity index (χ1v) is 11.1. The Bertz CT molecular complexity index is 361. The van der Waals surface area contributed by atoms with Gasteiger partial charge in [-0.05, 0) is 78.2 Å². The lowest BCUT2D eigenvalue weighted by Gasteiger charge is -2.28. The maximum atomic E-state index is 4.85. The number of hydrogen-bond acceptors (Lipinski definition) is 3. The Hall–Kier alpha value is -0.810. The first-order valence-electron chi connectivity index (χ1n) is 11.1. The summed E-state index contributed by atoms with van der Waals surface area (Å²) in [6.07, 6.45) is 6.56. The normalized spacial score (nSPS) is 18.8. The van der Waals surface area contributed by atoms with E-state index in [1.54, 1.807) is 0 Å². The Morgan fingerprint density at radius 1 is 1.08 bits per heavy atom. The molecule has 2 unspecified atom stereocenters. The summed E-state index contributed by atoms with van der Waals surface area (Å²) in [6, 6.07) is 0.459. The molecule has 0 aromatic rings. The molecule has 0 aromatic heterocycles. The topological polar surface area (TPSA) is 42.9 Å². The Balaban J connectivity index is 2.34. The second-order valence-electron chi connectivity index (χ2n) is 7.90. The average molecular weight is 368 g/mol. The smallest absolute Gasteiger partial charge is 0.191 e. The van der Waals surface area contributed by atoms with Crippen molar-refractivity contribution in [3.05, 3.63) is 0 Å². The molecular weight excluding hydrogens is 322 g/mol. The quantitative estimate of drug-likeness (QED) is 0.411. The predicted octanol–water partition coefficient (Wildman–Crippen LogP) is 3.17. The average Bonchev–Trinajstić information content (AvgIpc) is 2.64. The zero-order valence-corrected chi connectivity index (χ0v) is 18.2. The van der Waals surface area contributed by atoms with Crippen LogP contribution in [0.25, 0.3) is 0 Å². The SMILES string of the molecule is CCNC(=NCC(C)CN1CCCCC1)NC(C)CCCN(CC)CC. The molecule has 1 heterocycles. The first kappa shape index (κ1) is 23.2. The van der Waals surface area contributed by atoms with Gasteiger partial charge in [-0.25, -0.2) is 0 Å². The second kappa shape index (κ2) is 14.3. The Morgan fingerprint density at radius 3 is 2.38 bits per heavy atom. The maximum Gasteiger partial charge on any atom is 0.191 e. The van der Waals surface area contributed by atoms with Crippen molar-refractivity contribution in [2.75, 3.05) is 52.4 Å². The van der Waals surface area contributed by atoms with Crippen molar-refractivity contribution in [3.8, 4) is 0 Å². The Kier molecular flexibility index (Phi) is 12.8. The van der Waals surface area contributed by atoms with Crippen LogP contribution in [0.5, 0.6) is 0 Å². The number of hydrogen-bond donors (Lipinski definition) is 2. The predicted molar refractivity (Wildman–Crippen MR) is 115 cm³/mol. The van der Waals surface area contributed by atoms with E-state index in [9.17, 15) is 0 Å². The number of aliphatic imine (C=N–C) groups is 1. The van der Waals surface area contributed by atoms with Gasteiger partial charge in [0.25, 0.3) is 0 Å². The molecule has 1 aliphatic rings. The summed E-state index contributed by atoms with van der Waals surface area (Å²) >= 11 is 0. The number of guanidine groups is 1. The Labute approximate surface area is 163 Å². The van der Waals surface area contributed by atoms with Crippen LogP contribution in [0.1, 0.15) is 66.7 Å². The highest BCUT2D eigenvalue weighted by Crippen LogP contribution is 2.11. The molecule has 2 atom stereocenters. The molecule has 2 N–H and O–H groups in total. The minimum atomic E-state index is 0.459. The molecule has 0 saturated carbocycles. The van der Waals surface area contributed by atoms with Gasteiger partial charge in [-0.2, -0.15) is 0 Å². The van der Waals surface area contributed by atoms with Gasteiger partial charge in [0.2, 0.25) is 0 Å². The van der Waals surface area contributed by atoms with E-state index in [-0.39, 0.29) is 0 Å².